The lowest BCUT2D eigenvalue weighted by Crippen LogP contribution is -2.52. The quantitative estimate of drug-likeness (QED) is 0.600. The summed E-state index contributed by atoms with van der Waals surface area (Å²) in [5, 5.41) is 7.70. The summed E-state index contributed by atoms with van der Waals surface area (Å²) in [4.78, 5) is 34.2. The number of imide groups is 1. The van der Waals surface area contributed by atoms with Gasteiger partial charge in [0, 0.05) is 23.5 Å². The van der Waals surface area contributed by atoms with Gasteiger partial charge in [0.05, 0.1) is 5.52 Å². The van der Waals surface area contributed by atoms with Crippen LogP contribution in [-0.2, 0) is 4.79 Å². The number of carbonyl (C=O) groups excluding carboxylic acids is 2. The van der Waals surface area contributed by atoms with E-state index in [0.29, 0.717) is 18.1 Å². The fraction of sp³-hybridized carbons (Fsp3) is 0.444. The third-order valence-corrected chi connectivity index (χ3v) is 5.39. The first-order chi connectivity index (χ1) is 12.6. The number of hydrogen-bond acceptors (Lipinski definition) is 5. The van der Waals surface area contributed by atoms with Gasteiger partial charge in [-0.2, -0.15) is 0 Å². The molecule has 1 aromatic carbocycles. The number of amides is 3. The first kappa shape index (κ1) is 17.0. The SMILES string of the molecule is O=C1NC2(CCC2)C(=O)N1CCCCNc1ncnc2cc(Cl)ccc12. The van der Waals surface area contributed by atoms with Crippen LogP contribution in [0, 0.1) is 0 Å². The van der Waals surface area contributed by atoms with Crippen LogP contribution in [0.5, 0.6) is 0 Å². The standard InChI is InChI=1S/C18H20ClN5O2/c19-12-4-5-13-14(10-12)21-11-22-15(13)20-8-1-2-9-24-16(25)18(6-3-7-18)23-17(24)26/h4-5,10-11H,1-3,6-9H2,(H,23,26)(H,20,21,22). The molecule has 2 fully saturated rings. The van der Waals surface area contributed by atoms with E-state index in [4.69, 9.17) is 11.6 Å². The number of hydrogen-bond donors (Lipinski definition) is 2. The first-order valence-electron chi connectivity index (χ1n) is 8.87. The van der Waals surface area contributed by atoms with Crippen molar-refractivity contribution in [3.63, 3.8) is 0 Å². The van der Waals surface area contributed by atoms with Crippen LogP contribution >= 0.6 is 11.6 Å². The highest BCUT2D eigenvalue weighted by Gasteiger charge is 2.54. The lowest BCUT2D eigenvalue weighted by atomic mass is 9.77. The molecule has 136 valence electrons. The lowest BCUT2D eigenvalue weighted by molar-refractivity contribution is -0.134. The maximum atomic E-state index is 12.4. The number of anilines is 1. The zero-order valence-corrected chi connectivity index (χ0v) is 15.1. The fourth-order valence-corrected chi connectivity index (χ4v) is 3.69. The highest BCUT2D eigenvalue weighted by molar-refractivity contribution is 6.31. The molecular weight excluding hydrogens is 354 g/mol. The summed E-state index contributed by atoms with van der Waals surface area (Å²) >= 11 is 5.99. The van der Waals surface area contributed by atoms with Crippen molar-refractivity contribution in [1.29, 1.82) is 0 Å². The predicted molar refractivity (Wildman–Crippen MR) is 99.1 cm³/mol. The molecule has 2 heterocycles. The molecule has 1 saturated heterocycles. The zero-order valence-electron chi connectivity index (χ0n) is 14.3. The first-order valence-corrected chi connectivity index (χ1v) is 9.25. The number of halogens is 1. The third-order valence-electron chi connectivity index (χ3n) is 5.15. The van der Waals surface area contributed by atoms with E-state index in [-0.39, 0.29) is 11.9 Å². The molecular formula is C18H20ClN5O2. The smallest absolute Gasteiger partial charge is 0.325 e. The molecule has 0 radical (unpaired) electrons. The number of carbonyl (C=O) groups is 2. The van der Waals surface area contributed by atoms with E-state index in [1.54, 1.807) is 6.07 Å². The van der Waals surface area contributed by atoms with Crippen molar-refractivity contribution < 1.29 is 9.59 Å². The number of nitrogens with one attached hydrogen (secondary N) is 2. The van der Waals surface area contributed by atoms with Gasteiger partial charge in [0.15, 0.2) is 0 Å². The van der Waals surface area contributed by atoms with E-state index in [0.717, 1.165) is 48.8 Å². The Bertz CT molecular complexity index is 868. The van der Waals surface area contributed by atoms with Gasteiger partial charge in [-0.15, -0.1) is 0 Å². The molecule has 0 bridgehead atoms. The molecule has 7 nitrogen and oxygen atoms in total. The van der Waals surface area contributed by atoms with E-state index in [2.05, 4.69) is 20.6 Å². The van der Waals surface area contributed by atoms with Crippen molar-refractivity contribution in [2.24, 2.45) is 0 Å². The molecule has 26 heavy (non-hydrogen) atoms. The van der Waals surface area contributed by atoms with Crippen LogP contribution in [-0.4, -0.2) is 45.4 Å². The van der Waals surface area contributed by atoms with Crippen LogP contribution in [0.1, 0.15) is 32.1 Å². The molecule has 2 N–H and O–H groups in total. The summed E-state index contributed by atoms with van der Waals surface area (Å²) in [6, 6.07) is 5.26. The van der Waals surface area contributed by atoms with Crippen molar-refractivity contribution in [3.8, 4) is 0 Å². The molecule has 0 atom stereocenters. The van der Waals surface area contributed by atoms with Crippen LogP contribution in [0.2, 0.25) is 5.02 Å². The van der Waals surface area contributed by atoms with Gasteiger partial charge >= 0.3 is 6.03 Å². The van der Waals surface area contributed by atoms with Gasteiger partial charge in [0.1, 0.15) is 17.7 Å². The summed E-state index contributed by atoms with van der Waals surface area (Å²) in [7, 11) is 0. The molecule has 2 aliphatic rings. The maximum Gasteiger partial charge on any atom is 0.325 e. The average molecular weight is 374 g/mol. The Balaban J connectivity index is 1.28. The van der Waals surface area contributed by atoms with Crippen LogP contribution in [0.25, 0.3) is 10.9 Å². The number of unbranched alkanes of at least 4 members (excludes halogenated alkanes) is 1. The summed E-state index contributed by atoms with van der Waals surface area (Å²) in [6.07, 6.45) is 5.61. The minimum atomic E-state index is -0.587. The van der Waals surface area contributed by atoms with Crippen LogP contribution in [0.15, 0.2) is 24.5 Å². The normalized spacial score (nSPS) is 18.3. The molecule has 1 aromatic heterocycles. The molecule has 1 aliphatic carbocycles. The Hall–Kier alpha value is -2.41. The lowest BCUT2D eigenvalue weighted by Gasteiger charge is -2.34. The van der Waals surface area contributed by atoms with Crippen LogP contribution in [0.3, 0.4) is 0 Å². The maximum absolute atomic E-state index is 12.4. The second-order valence-corrected chi connectivity index (χ2v) is 7.28. The zero-order chi connectivity index (χ0) is 18.1. The third kappa shape index (κ3) is 2.96. The van der Waals surface area contributed by atoms with Gasteiger partial charge in [0.25, 0.3) is 5.91 Å². The van der Waals surface area contributed by atoms with Gasteiger partial charge in [-0.25, -0.2) is 14.8 Å². The Labute approximate surface area is 156 Å². The largest absolute Gasteiger partial charge is 0.369 e. The second-order valence-electron chi connectivity index (χ2n) is 6.84. The Morgan fingerprint density at radius 1 is 1.23 bits per heavy atom. The molecule has 1 spiro atoms. The summed E-state index contributed by atoms with van der Waals surface area (Å²) in [6.45, 7) is 1.15. The number of aromatic nitrogens is 2. The van der Waals surface area contributed by atoms with Gasteiger partial charge in [-0.05, 0) is 50.3 Å². The van der Waals surface area contributed by atoms with Gasteiger partial charge in [-0.3, -0.25) is 9.69 Å². The number of rotatable bonds is 6. The van der Waals surface area contributed by atoms with Crippen molar-refractivity contribution >= 4 is 40.3 Å². The van der Waals surface area contributed by atoms with E-state index in [1.165, 1.54) is 11.2 Å². The van der Waals surface area contributed by atoms with Crippen LogP contribution in [0.4, 0.5) is 10.6 Å². The highest BCUT2D eigenvalue weighted by atomic mass is 35.5. The summed E-state index contributed by atoms with van der Waals surface area (Å²) in [5.41, 5.74) is 0.205. The molecule has 1 aliphatic heterocycles. The molecule has 4 rings (SSSR count). The molecule has 8 heteroatoms. The van der Waals surface area contributed by atoms with Gasteiger partial charge in [-0.1, -0.05) is 11.6 Å². The minimum absolute atomic E-state index is 0.0552. The second kappa shape index (κ2) is 6.72. The summed E-state index contributed by atoms with van der Waals surface area (Å²) in [5.74, 6) is 0.704. The predicted octanol–water partition coefficient (Wildman–Crippen LogP) is 2.95. The average Bonchev–Trinajstić information content (AvgIpc) is 2.85. The number of benzene rings is 1. The van der Waals surface area contributed by atoms with Crippen molar-refractivity contribution in [3.05, 3.63) is 29.5 Å². The van der Waals surface area contributed by atoms with Crippen molar-refractivity contribution in [2.75, 3.05) is 18.4 Å². The topological polar surface area (TPSA) is 87.2 Å². The molecule has 3 amide bonds. The minimum Gasteiger partial charge on any atom is -0.369 e. The Morgan fingerprint density at radius 3 is 2.81 bits per heavy atom. The van der Waals surface area contributed by atoms with Crippen molar-refractivity contribution in [2.45, 2.75) is 37.6 Å². The monoisotopic (exact) mass is 373 g/mol. The van der Waals surface area contributed by atoms with E-state index in [1.807, 2.05) is 12.1 Å². The highest BCUT2D eigenvalue weighted by Crippen LogP contribution is 2.37. The van der Waals surface area contributed by atoms with Gasteiger partial charge in [0.2, 0.25) is 0 Å². The fourth-order valence-electron chi connectivity index (χ4n) is 3.52. The van der Waals surface area contributed by atoms with E-state index >= 15 is 0 Å². The van der Waals surface area contributed by atoms with E-state index < -0.39 is 5.54 Å². The summed E-state index contributed by atoms with van der Waals surface area (Å²) < 4.78 is 0. The molecule has 1 saturated carbocycles. The van der Waals surface area contributed by atoms with E-state index in [9.17, 15) is 9.59 Å². The van der Waals surface area contributed by atoms with Crippen molar-refractivity contribution in [1.82, 2.24) is 20.2 Å². The number of nitrogens with zero attached hydrogens (tertiary/aromatic N) is 3. The molecule has 2 aromatic rings. The Kier molecular flexibility index (Phi) is 4.40. The molecule has 0 unspecified atom stereocenters. The number of fused-ring (bicyclic) bond motifs is 1. The Morgan fingerprint density at radius 2 is 2.08 bits per heavy atom. The van der Waals surface area contributed by atoms with Crippen LogP contribution < -0.4 is 10.6 Å². The number of urea groups is 1. The van der Waals surface area contributed by atoms with Gasteiger partial charge < -0.3 is 10.6 Å².